The molecule has 0 radical (unpaired) electrons. The van der Waals surface area contributed by atoms with Gasteiger partial charge in [-0.1, -0.05) is 36.7 Å². The lowest BCUT2D eigenvalue weighted by molar-refractivity contribution is -0.121. The maximum absolute atomic E-state index is 13.0. The number of carbonyl (C=O) groups is 1. The number of hydrogen-bond donors (Lipinski definition) is 1. The van der Waals surface area contributed by atoms with E-state index in [4.69, 9.17) is 11.6 Å². The van der Waals surface area contributed by atoms with Crippen LogP contribution in [0, 0.1) is 0 Å². The summed E-state index contributed by atoms with van der Waals surface area (Å²) in [6.45, 7) is 1.85. The first-order chi connectivity index (χ1) is 12.9. The Morgan fingerprint density at radius 3 is 2.63 bits per heavy atom. The second kappa shape index (κ2) is 8.30. The Morgan fingerprint density at radius 2 is 1.93 bits per heavy atom. The first-order valence-electron chi connectivity index (χ1n) is 8.14. The van der Waals surface area contributed by atoms with Gasteiger partial charge < -0.3 is 5.32 Å². The second-order valence-electron chi connectivity index (χ2n) is 5.72. The number of nitrogens with one attached hydrogen (secondary N) is 1. The lowest BCUT2D eigenvalue weighted by Crippen LogP contribution is -2.40. The molecule has 1 N–H and O–H groups in total. The van der Waals surface area contributed by atoms with Crippen LogP contribution in [0.4, 0.5) is 0 Å². The third-order valence-corrected chi connectivity index (χ3v) is 6.69. The number of benzene rings is 2. The van der Waals surface area contributed by atoms with E-state index < -0.39 is 10.0 Å². The predicted octanol–water partition coefficient (Wildman–Crippen LogP) is 2.67. The van der Waals surface area contributed by atoms with Gasteiger partial charge >= 0.3 is 0 Å². The molecule has 2 aromatic carbocycles. The van der Waals surface area contributed by atoms with Gasteiger partial charge in [-0.05, 0) is 29.8 Å². The van der Waals surface area contributed by atoms with Crippen LogP contribution in [0.15, 0.2) is 47.4 Å². The smallest absolute Gasteiger partial charge is 0.245 e. The number of sulfonamides is 1. The van der Waals surface area contributed by atoms with Gasteiger partial charge in [-0.3, -0.25) is 4.79 Å². The zero-order valence-corrected chi connectivity index (χ0v) is 16.8. The molecule has 0 bridgehead atoms. The lowest BCUT2D eigenvalue weighted by Gasteiger charge is -2.20. The van der Waals surface area contributed by atoms with Gasteiger partial charge in [0.1, 0.15) is 15.9 Å². The molecule has 142 valence electrons. The Labute approximate surface area is 166 Å². The maximum Gasteiger partial charge on any atom is 0.245 e. The Bertz CT molecular complexity index is 1050. The molecule has 0 atom stereocenters. The number of halogens is 1. The monoisotopic (exact) mass is 424 g/mol. The van der Waals surface area contributed by atoms with Crippen LogP contribution in [-0.4, -0.2) is 40.5 Å². The molecule has 0 spiro atoms. The highest BCUT2D eigenvalue weighted by Gasteiger charge is 2.28. The molecule has 0 aliphatic heterocycles. The van der Waals surface area contributed by atoms with Crippen molar-refractivity contribution < 1.29 is 13.2 Å². The van der Waals surface area contributed by atoms with E-state index in [1.165, 1.54) is 6.07 Å². The van der Waals surface area contributed by atoms with Crippen molar-refractivity contribution in [1.82, 2.24) is 18.4 Å². The molecular formula is C17H17ClN4O3S2. The highest BCUT2D eigenvalue weighted by molar-refractivity contribution is 7.89. The largest absolute Gasteiger partial charge is 0.351 e. The average Bonchev–Trinajstić information content (AvgIpc) is 3.14. The minimum atomic E-state index is -3.87. The minimum Gasteiger partial charge on any atom is -0.351 e. The Balaban J connectivity index is 1.73. The van der Waals surface area contributed by atoms with Crippen molar-refractivity contribution in [3.63, 3.8) is 0 Å². The summed E-state index contributed by atoms with van der Waals surface area (Å²) >= 11 is 6.79. The van der Waals surface area contributed by atoms with Gasteiger partial charge in [0.05, 0.1) is 18.3 Å². The fourth-order valence-electron chi connectivity index (χ4n) is 2.51. The summed E-state index contributed by atoms with van der Waals surface area (Å²) in [5, 5.41) is 3.34. The van der Waals surface area contributed by atoms with Crippen LogP contribution in [0.1, 0.15) is 12.5 Å². The molecule has 27 heavy (non-hydrogen) atoms. The molecule has 3 aromatic rings. The number of fused-ring (bicyclic) bond motifs is 1. The fraction of sp³-hybridized carbons (Fsp3) is 0.235. The first kappa shape index (κ1) is 19.7. The quantitative estimate of drug-likeness (QED) is 0.629. The summed E-state index contributed by atoms with van der Waals surface area (Å²) in [5.74, 6) is -0.390. The number of hydrogen-bond acceptors (Lipinski definition) is 6. The molecule has 10 heteroatoms. The van der Waals surface area contributed by atoms with Crippen LogP contribution in [0.25, 0.3) is 11.0 Å². The molecule has 1 amide bonds. The van der Waals surface area contributed by atoms with Crippen LogP contribution >= 0.6 is 23.3 Å². The third kappa shape index (κ3) is 4.44. The number of carbonyl (C=O) groups excluding carboxylic acids is 1. The van der Waals surface area contributed by atoms with Crippen molar-refractivity contribution in [1.29, 1.82) is 0 Å². The standard InChI is InChI=1S/C17H17ClN4O3S2/c1-2-22(11-16(23)19-10-12-6-8-13(18)9-7-12)27(24,25)15-5-3-4-14-17(15)21-26-20-14/h3-9H,2,10-11H2,1H3,(H,19,23). The SMILES string of the molecule is CCN(CC(=O)NCc1ccc(Cl)cc1)S(=O)(=O)c1cccc2nsnc12. The predicted molar refractivity (Wildman–Crippen MR) is 105 cm³/mol. The van der Waals surface area contributed by atoms with E-state index in [1.54, 1.807) is 43.3 Å². The number of aromatic nitrogens is 2. The van der Waals surface area contributed by atoms with Crippen LogP contribution in [0.3, 0.4) is 0 Å². The highest BCUT2D eigenvalue weighted by atomic mass is 35.5. The van der Waals surface area contributed by atoms with Crippen molar-refractivity contribution >= 4 is 50.3 Å². The number of rotatable bonds is 7. The van der Waals surface area contributed by atoms with E-state index in [-0.39, 0.29) is 23.9 Å². The van der Waals surface area contributed by atoms with Crippen LogP contribution in [0.2, 0.25) is 5.02 Å². The van der Waals surface area contributed by atoms with Gasteiger partial charge in [-0.25, -0.2) is 8.42 Å². The zero-order chi connectivity index (χ0) is 19.4. The molecule has 0 aliphatic rings. The Morgan fingerprint density at radius 1 is 1.19 bits per heavy atom. The first-order valence-corrected chi connectivity index (χ1v) is 10.7. The highest BCUT2D eigenvalue weighted by Crippen LogP contribution is 2.24. The van der Waals surface area contributed by atoms with Gasteiger partial charge in [-0.2, -0.15) is 13.1 Å². The lowest BCUT2D eigenvalue weighted by atomic mass is 10.2. The van der Waals surface area contributed by atoms with Gasteiger partial charge in [0.15, 0.2) is 0 Å². The van der Waals surface area contributed by atoms with E-state index in [0.29, 0.717) is 22.6 Å². The van der Waals surface area contributed by atoms with Gasteiger partial charge in [-0.15, -0.1) is 0 Å². The molecule has 0 saturated carbocycles. The summed E-state index contributed by atoms with van der Waals surface area (Å²) in [4.78, 5) is 12.3. The van der Waals surface area contributed by atoms with E-state index in [0.717, 1.165) is 21.6 Å². The summed E-state index contributed by atoms with van der Waals surface area (Å²) in [6, 6.07) is 11.9. The molecule has 0 saturated heterocycles. The van der Waals surface area contributed by atoms with Gasteiger partial charge in [0.2, 0.25) is 15.9 Å². The fourth-order valence-corrected chi connectivity index (χ4v) is 4.80. The number of likely N-dealkylation sites (N-methyl/N-ethyl adjacent to an activating group) is 1. The molecule has 0 fully saturated rings. The van der Waals surface area contributed by atoms with Crippen molar-refractivity contribution in [2.45, 2.75) is 18.4 Å². The minimum absolute atomic E-state index is 0.0566. The van der Waals surface area contributed by atoms with Crippen LogP contribution in [0.5, 0.6) is 0 Å². The number of amides is 1. The van der Waals surface area contributed by atoms with Crippen molar-refractivity contribution in [2.75, 3.05) is 13.1 Å². The van der Waals surface area contributed by atoms with Crippen molar-refractivity contribution in [2.24, 2.45) is 0 Å². The van der Waals surface area contributed by atoms with Crippen LogP contribution < -0.4 is 5.32 Å². The normalized spacial score (nSPS) is 11.8. The molecule has 7 nitrogen and oxygen atoms in total. The molecule has 1 heterocycles. The molecule has 3 rings (SSSR count). The van der Waals surface area contributed by atoms with Gasteiger partial charge in [0.25, 0.3) is 0 Å². The van der Waals surface area contributed by atoms with Gasteiger partial charge in [0, 0.05) is 18.1 Å². The van der Waals surface area contributed by atoms with Crippen molar-refractivity contribution in [3.05, 3.63) is 53.1 Å². The van der Waals surface area contributed by atoms with E-state index in [9.17, 15) is 13.2 Å². The Kier molecular flexibility index (Phi) is 6.05. The summed E-state index contributed by atoms with van der Waals surface area (Å²) in [7, 11) is -3.87. The average molecular weight is 425 g/mol. The molecule has 0 aliphatic carbocycles. The Hall–Kier alpha value is -2.07. The molecule has 0 unspecified atom stereocenters. The number of nitrogens with zero attached hydrogens (tertiary/aromatic N) is 3. The molecule has 1 aromatic heterocycles. The third-order valence-electron chi connectivity index (χ3n) is 3.94. The maximum atomic E-state index is 13.0. The topological polar surface area (TPSA) is 92.3 Å². The summed E-state index contributed by atoms with van der Waals surface area (Å²) in [5.41, 5.74) is 1.71. The molecular weight excluding hydrogens is 408 g/mol. The van der Waals surface area contributed by atoms with E-state index in [2.05, 4.69) is 14.1 Å². The zero-order valence-electron chi connectivity index (χ0n) is 14.4. The van der Waals surface area contributed by atoms with Crippen LogP contribution in [-0.2, 0) is 21.4 Å². The van der Waals surface area contributed by atoms with E-state index in [1.807, 2.05) is 0 Å². The van der Waals surface area contributed by atoms with E-state index >= 15 is 0 Å². The van der Waals surface area contributed by atoms with Crippen molar-refractivity contribution in [3.8, 4) is 0 Å². The summed E-state index contributed by atoms with van der Waals surface area (Å²) < 4.78 is 35.2. The summed E-state index contributed by atoms with van der Waals surface area (Å²) in [6.07, 6.45) is 0. The second-order valence-corrected chi connectivity index (χ2v) is 8.59.